The van der Waals surface area contributed by atoms with Crippen molar-refractivity contribution in [2.75, 3.05) is 13.2 Å². The molecule has 0 aliphatic carbocycles. The van der Waals surface area contributed by atoms with Crippen molar-refractivity contribution < 1.29 is 28.6 Å². The lowest BCUT2D eigenvalue weighted by atomic mass is 10.0. The molecule has 0 spiro atoms. The minimum Gasteiger partial charge on any atom is -0.462 e. The van der Waals surface area contributed by atoms with Crippen LogP contribution in [0.25, 0.3) is 0 Å². The topological polar surface area (TPSA) is 78.9 Å². The first-order valence-corrected chi connectivity index (χ1v) is 25.1. The molecule has 6 heteroatoms. The summed E-state index contributed by atoms with van der Waals surface area (Å²) in [6.45, 7) is 6.56. The van der Waals surface area contributed by atoms with Crippen LogP contribution in [0.3, 0.4) is 0 Å². The summed E-state index contributed by atoms with van der Waals surface area (Å²) in [6.07, 6.45) is 56.6. The summed E-state index contributed by atoms with van der Waals surface area (Å²) in [4.78, 5) is 37.8. The van der Waals surface area contributed by atoms with Crippen LogP contribution in [0.2, 0.25) is 0 Å². The van der Waals surface area contributed by atoms with Crippen LogP contribution in [-0.2, 0) is 28.6 Å². The molecule has 6 nitrogen and oxygen atoms in total. The first kappa shape index (κ1) is 56.4. The van der Waals surface area contributed by atoms with Gasteiger partial charge in [-0.2, -0.15) is 0 Å². The number of carbonyl (C=O) groups is 3. The summed E-state index contributed by atoms with van der Waals surface area (Å²) in [6, 6.07) is 0. The molecule has 1 atom stereocenters. The van der Waals surface area contributed by atoms with Gasteiger partial charge in [0.25, 0.3) is 0 Å². The third-order valence-electron chi connectivity index (χ3n) is 10.8. The van der Waals surface area contributed by atoms with Gasteiger partial charge in [0.1, 0.15) is 13.2 Å². The fraction of sp³-hybridized carbons (Fsp3) is 0.792. The van der Waals surface area contributed by atoms with Crippen LogP contribution in [0.15, 0.2) is 48.6 Å². The molecule has 0 N–H and O–H groups in total. The third kappa shape index (κ3) is 46.3. The molecule has 0 aliphatic rings. The van der Waals surface area contributed by atoms with Crippen LogP contribution in [-0.4, -0.2) is 37.2 Å². The van der Waals surface area contributed by atoms with Crippen molar-refractivity contribution in [3.05, 3.63) is 48.6 Å². The van der Waals surface area contributed by atoms with Gasteiger partial charge in [-0.15, -0.1) is 0 Å². The van der Waals surface area contributed by atoms with Crippen LogP contribution < -0.4 is 0 Å². The van der Waals surface area contributed by atoms with E-state index < -0.39 is 6.10 Å². The van der Waals surface area contributed by atoms with Crippen molar-refractivity contribution in [1.29, 1.82) is 0 Å². The predicted molar refractivity (Wildman–Crippen MR) is 252 cm³/mol. The van der Waals surface area contributed by atoms with Crippen molar-refractivity contribution in [2.24, 2.45) is 0 Å². The maximum atomic E-state index is 12.8. The Morgan fingerprint density at radius 2 is 0.627 bits per heavy atom. The molecule has 0 rings (SSSR count). The molecule has 0 aliphatic heterocycles. The van der Waals surface area contributed by atoms with E-state index in [0.29, 0.717) is 19.3 Å². The largest absolute Gasteiger partial charge is 0.462 e. The van der Waals surface area contributed by atoms with Crippen molar-refractivity contribution in [3.63, 3.8) is 0 Å². The van der Waals surface area contributed by atoms with E-state index in [4.69, 9.17) is 14.2 Å². The zero-order chi connectivity index (χ0) is 43.0. The van der Waals surface area contributed by atoms with Crippen LogP contribution in [0.4, 0.5) is 0 Å². The third-order valence-corrected chi connectivity index (χ3v) is 10.8. The van der Waals surface area contributed by atoms with E-state index in [1.54, 1.807) is 0 Å². The lowest BCUT2D eigenvalue weighted by Gasteiger charge is -2.18. The molecule has 0 aromatic rings. The highest BCUT2D eigenvalue weighted by atomic mass is 16.6. The fourth-order valence-electron chi connectivity index (χ4n) is 7.02. The number of hydrogen-bond acceptors (Lipinski definition) is 6. The Labute approximate surface area is 365 Å². The highest BCUT2D eigenvalue weighted by Crippen LogP contribution is 2.15. The van der Waals surface area contributed by atoms with Gasteiger partial charge in [-0.05, 0) is 57.8 Å². The Morgan fingerprint density at radius 1 is 0.339 bits per heavy atom. The average Bonchev–Trinajstić information content (AvgIpc) is 3.23. The normalized spacial score (nSPS) is 12.4. The number of hydrogen-bond donors (Lipinski definition) is 0. The molecular weight excluding hydrogens is 733 g/mol. The molecule has 0 amide bonds. The van der Waals surface area contributed by atoms with Gasteiger partial charge in [-0.25, -0.2) is 0 Å². The lowest BCUT2D eigenvalue weighted by Crippen LogP contribution is -2.30. The molecule has 0 saturated carbocycles. The standard InChI is InChI=1S/C53H94O6/c1-4-7-10-13-16-19-22-24-25-26-27-29-31-34-37-40-43-46-52(55)58-49-50(48-57-51(54)45-42-39-36-33-30-21-18-15-12-9-6-3)59-53(56)47-44-41-38-35-32-28-23-20-17-14-11-8-5-2/h16,19,24-25,27,29,34,37,50H,4-15,17-18,20-23,26,28,30-33,35-36,38-49H2,1-3H3/b19-16-,25-24-,29-27-,37-34-/t50-/m0/s1. The average molecular weight is 827 g/mol. The van der Waals surface area contributed by atoms with Crippen molar-refractivity contribution in [3.8, 4) is 0 Å². The summed E-state index contributed by atoms with van der Waals surface area (Å²) in [5.74, 6) is -0.939. The Hall–Kier alpha value is -2.63. The van der Waals surface area contributed by atoms with E-state index in [1.165, 1.54) is 141 Å². The summed E-state index contributed by atoms with van der Waals surface area (Å²) < 4.78 is 16.7. The molecule has 59 heavy (non-hydrogen) atoms. The molecule has 0 heterocycles. The second kappa shape index (κ2) is 48.0. The molecule has 0 fully saturated rings. The minimum atomic E-state index is -0.789. The monoisotopic (exact) mass is 827 g/mol. The van der Waals surface area contributed by atoms with Crippen LogP contribution in [0, 0.1) is 0 Å². The van der Waals surface area contributed by atoms with E-state index in [-0.39, 0.29) is 37.5 Å². The van der Waals surface area contributed by atoms with Gasteiger partial charge < -0.3 is 14.2 Å². The first-order chi connectivity index (χ1) is 29.0. The van der Waals surface area contributed by atoms with E-state index in [0.717, 1.165) is 64.2 Å². The smallest absolute Gasteiger partial charge is 0.306 e. The van der Waals surface area contributed by atoms with E-state index in [2.05, 4.69) is 69.4 Å². The Morgan fingerprint density at radius 3 is 1.02 bits per heavy atom. The van der Waals surface area contributed by atoms with E-state index in [9.17, 15) is 14.4 Å². The second-order valence-corrected chi connectivity index (χ2v) is 16.7. The van der Waals surface area contributed by atoms with Crippen LogP contribution >= 0.6 is 0 Å². The van der Waals surface area contributed by atoms with E-state index >= 15 is 0 Å². The summed E-state index contributed by atoms with van der Waals surface area (Å²) in [5, 5.41) is 0. The quantitative estimate of drug-likeness (QED) is 0.0263. The SMILES string of the molecule is CCCCC/C=C\C/C=C\C/C=C\C/C=C\CCCC(=O)OC[C@H](COC(=O)CCCCCCCCCCCCC)OC(=O)CCCCCCCCCCCCCCC. The number of rotatable bonds is 45. The number of ether oxygens (including phenoxy) is 3. The van der Waals surface area contributed by atoms with Gasteiger partial charge in [0.05, 0.1) is 0 Å². The van der Waals surface area contributed by atoms with Gasteiger partial charge in [0.2, 0.25) is 0 Å². The molecular formula is C53H94O6. The lowest BCUT2D eigenvalue weighted by molar-refractivity contribution is -0.167. The second-order valence-electron chi connectivity index (χ2n) is 16.7. The molecule has 0 unspecified atom stereocenters. The van der Waals surface area contributed by atoms with Gasteiger partial charge in [-0.3, -0.25) is 14.4 Å². The van der Waals surface area contributed by atoms with Crippen molar-refractivity contribution in [1.82, 2.24) is 0 Å². The van der Waals surface area contributed by atoms with Gasteiger partial charge in [0, 0.05) is 19.3 Å². The first-order valence-electron chi connectivity index (χ1n) is 25.1. The number of esters is 3. The van der Waals surface area contributed by atoms with Crippen molar-refractivity contribution >= 4 is 17.9 Å². The number of allylic oxidation sites excluding steroid dienone is 8. The molecule has 0 saturated heterocycles. The number of unbranched alkanes of at least 4 members (excludes halogenated alkanes) is 26. The Balaban J connectivity index is 4.43. The van der Waals surface area contributed by atoms with Crippen LogP contribution in [0.5, 0.6) is 0 Å². The summed E-state index contributed by atoms with van der Waals surface area (Å²) in [5.41, 5.74) is 0. The predicted octanol–water partition coefficient (Wildman–Crippen LogP) is 16.3. The highest BCUT2D eigenvalue weighted by molar-refractivity contribution is 5.71. The maximum absolute atomic E-state index is 12.8. The van der Waals surface area contributed by atoms with Crippen LogP contribution in [0.1, 0.15) is 252 Å². The Bertz CT molecular complexity index is 1040. The van der Waals surface area contributed by atoms with Gasteiger partial charge >= 0.3 is 17.9 Å². The molecule has 0 aromatic heterocycles. The minimum absolute atomic E-state index is 0.0866. The van der Waals surface area contributed by atoms with Gasteiger partial charge in [-0.1, -0.05) is 223 Å². The maximum Gasteiger partial charge on any atom is 0.306 e. The fourth-order valence-corrected chi connectivity index (χ4v) is 7.02. The summed E-state index contributed by atoms with van der Waals surface area (Å²) >= 11 is 0. The summed E-state index contributed by atoms with van der Waals surface area (Å²) in [7, 11) is 0. The highest BCUT2D eigenvalue weighted by Gasteiger charge is 2.19. The Kier molecular flexibility index (Phi) is 45.9. The van der Waals surface area contributed by atoms with E-state index in [1.807, 2.05) is 0 Å². The van der Waals surface area contributed by atoms with Gasteiger partial charge in [0.15, 0.2) is 6.10 Å². The molecule has 0 aromatic carbocycles. The molecule has 0 radical (unpaired) electrons. The van der Waals surface area contributed by atoms with Crippen molar-refractivity contribution in [2.45, 2.75) is 258 Å². The zero-order valence-electron chi connectivity index (χ0n) is 39.0. The zero-order valence-corrected chi connectivity index (χ0v) is 39.0. The molecule has 342 valence electrons. The number of carbonyl (C=O) groups excluding carboxylic acids is 3. The molecule has 0 bridgehead atoms.